The summed E-state index contributed by atoms with van der Waals surface area (Å²) in [6, 6.07) is 0. The Morgan fingerprint density at radius 1 is 1.45 bits per heavy atom. The Morgan fingerprint density at radius 3 is 2.80 bits per heavy atom. The van der Waals surface area contributed by atoms with Gasteiger partial charge in [-0.05, 0) is 32.9 Å². The summed E-state index contributed by atoms with van der Waals surface area (Å²) < 4.78 is 5.31. The molecule has 20 heavy (non-hydrogen) atoms. The van der Waals surface area contributed by atoms with Crippen LogP contribution < -0.4 is 0 Å². The minimum atomic E-state index is -0.751. The minimum absolute atomic E-state index is 0.127. The number of carbonyl (C=O) groups is 1. The number of hydrogen-bond donors (Lipinski definition) is 1. The molecule has 0 radical (unpaired) electrons. The van der Waals surface area contributed by atoms with E-state index in [2.05, 4.69) is 22.0 Å². The molecule has 1 aromatic rings. The number of hydrogen-bond acceptors (Lipinski definition) is 5. The van der Waals surface area contributed by atoms with Gasteiger partial charge in [0.25, 0.3) is 0 Å². The van der Waals surface area contributed by atoms with Crippen molar-refractivity contribution in [1.82, 2.24) is 15.0 Å². The highest BCUT2D eigenvalue weighted by Crippen LogP contribution is 2.43. The maximum absolute atomic E-state index is 11.4. The predicted molar refractivity (Wildman–Crippen MR) is 73.4 cm³/mol. The monoisotopic (exact) mass is 281 g/mol. The molecule has 0 saturated heterocycles. The molecule has 0 spiro atoms. The summed E-state index contributed by atoms with van der Waals surface area (Å²) in [4.78, 5) is 17.8. The first-order valence-corrected chi connectivity index (χ1v) is 7.21. The van der Waals surface area contributed by atoms with Crippen LogP contribution in [0, 0.1) is 11.8 Å². The van der Waals surface area contributed by atoms with E-state index in [9.17, 15) is 9.90 Å². The number of rotatable bonds is 6. The molecule has 1 aliphatic rings. The van der Waals surface area contributed by atoms with Crippen molar-refractivity contribution < 1.29 is 14.4 Å². The third kappa shape index (κ3) is 3.36. The second-order valence-electron chi connectivity index (χ2n) is 5.90. The normalized spacial score (nSPS) is 26.3. The van der Waals surface area contributed by atoms with E-state index in [-0.39, 0.29) is 11.8 Å². The van der Waals surface area contributed by atoms with E-state index in [4.69, 9.17) is 4.52 Å². The molecule has 1 aromatic heterocycles. The fourth-order valence-electron chi connectivity index (χ4n) is 2.87. The van der Waals surface area contributed by atoms with Gasteiger partial charge in [-0.1, -0.05) is 18.5 Å². The molecule has 1 fully saturated rings. The van der Waals surface area contributed by atoms with Crippen LogP contribution in [0.15, 0.2) is 4.52 Å². The summed E-state index contributed by atoms with van der Waals surface area (Å²) in [5.74, 6) is 0.345. The second kappa shape index (κ2) is 6.35. The third-order valence-corrected chi connectivity index (χ3v) is 4.14. The summed E-state index contributed by atoms with van der Waals surface area (Å²) >= 11 is 0. The van der Waals surface area contributed by atoms with Crippen LogP contribution in [-0.4, -0.2) is 46.8 Å². The number of likely N-dealkylation sites (N-methyl/N-ethyl adjacent to an activating group) is 1. The Labute approximate surface area is 119 Å². The van der Waals surface area contributed by atoms with E-state index in [1.54, 1.807) is 0 Å². The lowest BCUT2D eigenvalue weighted by Gasteiger charge is -2.10. The molecule has 1 N–H and O–H groups in total. The van der Waals surface area contributed by atoms with Crippen LogP contribution in [-0.2, 0) is 11.2 Å². The van der Waals surface area contributed by atoms with Crippen LogP contribution in [0.1, 0.15) is 43.8 Å². The SMILES string of the molecule is CCC1CC(C(=O)O)C(c2nc(CCN(C)C)no2)C1. The molecule has 0 bridgehead atoms. The number of nitrogens with zero attached hydrogens (tertiary/aromatic N) is 3. The lowest BCUT2D eigenvalue weighted by Crippen LogP contribution is -2.17. The van der Waals surface area contributed by atoms with Gasteiger partial charge in [0.15, 0.2) is 5.82 Å². The van der Waals surface area contributed by atoms with Crippen molar-refractivity contribution in [2.45, 2.75) is 38.5 Å². The van der Waals surface area contributed by atoms with Gasteiger partial charge in [0.05, 0.1) is 11.8 Å². The second-order valence-corrected chi connectivity index (χ2v) is 5.90. The maximum Gasteiger partial charge on any atom is 0.307 e. The number of aliphatic carboxylic acids is 1. The minimum Gasteiger partial charge on any atom is -0.481 e. The highest BCUT2D eigenvalue weighted by Gasteiger charge is 2.41. The van der Waals surface area contributed by atoms with Gasteiger partial charge in [0.1, 0.15) is 0 Å². The molecule has 0 aromatic carbocycles. The van der Waals surface area contributed by atoms with E-state index in [0.717, 1.165) is 25.8 Å². The van der Waals surface area contributed by atoms with E-state index < -0.39 is 5.97 Å². The van der Waals surface area contributed by atoms with Crippen LogP contribution in [0.25, 0.3) is 0 Å². The maximum atomic E-state index is 11.4. The van der Waals surface area contributed by atoms with E-state index in [0.29, 0.717) is 24.1 Å². The zero-order valence-corrected chi connectivity index (χ0v) is 12.4. The van der Waals surface area contributed by atoms with Gasteiger partial charge < -0.3 is 14.5 Å². The molecule has 6 nitrogen and oxygen atoms in total. The Morgan fingerprint density at radius 2 is 2.20 bits per heavy atom. The predicted octanol–water partition coefficient (Wildman–Crippen LogP) is 1.78. The van der Waals surface area contributed by atoms with Gasteiger partial charge in [0, 0.05) is 13.0 Å². The molecular weight excluding hydrogens is 258 g/mol. The van der Waals surface area contributed by atoms with Gasteiger partial charge in [-0.25, -0.2) is 0 Å². The number of aromatic nitrogens is 2. The molecule has 1 heterocycles. The van der Waals surface area contributed by atoms with E-state index in [1.807, 2.05) is 14.1 Å². The summed E-state index contributed by atoms with van der Waals surface area (Å²) in [6.45, 7) is 2.95. The van der Waals surface area contributed by atoms with Crippen LogP contribution in [0.4, 0.5) is 0 Å². The highest BCUT2D eigenvalue weighted by molar-refractivity contribution is 5.71. The fraction of sp³-hybridized carbons (Fsp3) is 0.786. The molecule has 2 rings (SSSR count). The first-order valence-electron chi connectivity index (χ1n) is 7.21. The molecule has 0 amide bonds. The summed E-state index contributed by atoms with van der Waals surface area (Å²) in [5.41, 5.74) is 0. The first-order chi connectivity index (χ1) is 9.51. The van der Waals surface area contributed by atoms with E-state index in [1.165, 1.54) is 0 Å². The van der Waals surface area contributed by atoms with Crippen molar-refractivity contribution >= 4 is 5.97 Å². The van der Waals surface area contributed by atoms with Crippen molar-refractivity contribution in [3.8, 4) is 0 Å². The Hall–Kier alpha value is -1.43. The van der Waals surface area contributed by atoms with Gasteiger partial charge >= 0.3 is 5.97 Å². The molecule has 3 unspecified atom stereocenters. The summed E-state index contributed by atoms with van der Waals surface area (Å²) in [6.07, 6.45) is 3.27. The van der Waals surface area contributed by atoms with Crippen molar-refractivity contribution in [2.75, 3.05) is 20.6 Å². The smallest absolute Gasteiger partial charge is 0.307 e. The Kier molecular flexibility index (Phi) is 4.75. The number of carboxylic acid groups (broad SMARTS) is 1. The van der Waals surface area contributed by atoms with Crippen LogP contribution in [0.3, 0.4) is 0 Å². The van der Waals surface area contributed by atoms with Crippen LogP contribution in [0.2, 0.25) is 0 Å². The van der Waals surface area contributed by atoms with Crippen molar-refractivity contribution in [3.63, 3.8) is 0 Å². The zero-order valence-electron chi connectivity index (χ0n) is 12.4. The van der Waals surface area contributed by atoms with Crippen molar-refractivity contribution in [1.29, 1.82) is 0 Å². The van der Waals surface area contributed by atoms with Gasteiger partial charge in [-0.2, -0.15) is 4.98 Å². The molecule has 3 atom stereocenters. The lowest BCUT2D eigenvalue weighted by molar-refractivity contribution is -0.142. The highest BCUT2D eigenvalue weighted by atomic mass is 16.5. The topological polar surface area (TPSA) is 79.5 Å². The number of carboxylic acids is 1. The van der Waals surface area contributed by atoms with Gasteiger partial charge in [-0.3, -0.25) is 4.79 Å². The quantitative estimate of drug-likeness (QED) is 0.856. The van der Waals surface area contributed by atoms with E-state index >= 15 is 0 Å². The Balaban J connectivity index is 2.07. The van der Waals surface area contributed by atoms with Crippen LogP contribution >= 0.6 is 0 Å². The van der Waals surface area contributed by atoms with Crippen molar-refractivity contribution in [2.24, 2.45) is 11.8 Å². The average Bonchev–Trinajstić information content (AvgIpc) is 3.02. The first kappa shape index (κ1) is 15.0. The molecule has 0 aliphatic heterocycles. The average molecular weight is 281 g/mol. The fourth-order valence-corrected chi connectivity index (χ4v) is 2.87. The van der Waals surface area contributed by atoms with Gasteiger partial charge in [0.2, 0.25) is 5.89 Å². The van der Waals surface area contributed by atoms with Crippen molar-refractivity contribution in [3.05, 3.63) is 11.7 Å². The summed E-state index contributed by atoms with van der Waals surface area (Å²) in [5, 5.41) is 13.3. The van der Waals surface area contributed by atoms with Crippen LogP contribution in [0.5, 0.6) is 0 Å². The molecule has 112 valence electrons. The molecule has 6 heteroatoms. The molecule has 1 saturated carbocycles. The largest absolute Gasteiger partial charge is 0.481 e. The standard InChI is InChI=1S/C14H23N3O3/c1-4-9-7-10(11(8-9)14(18)19)13-15-12(16-20-13)5-6-17(2)3/h9-11H,4-8H2,1-3H3,(H,18,19). The van der Waals surface area contributed by atoms with Gasteiger partial charge in [-0.15, -0.1) is 0 Å². The lowest BCUT2D eigenvalue weighted by atomic mass is 9.96. The zero-order chi connectivity index (χ0) is 14.7. The molecule has 1 aliphatic carbocycles. The molecular formula is C14H23N3O3. The third-order valence-electron chi connectivity index (χ3n) is 4.14. The Bertz CT molecular complexity index is 458. The summed E-state index contributed by atoms with van der Waals surface area (Å²) in [7, 11) is 3.98.